The maximum atomic E-state index is 13.8. The zero-order valence-electron chi connectivity index (χ0n) is 11.4. The maximum absolute atomic E-state index is 13.8. The van der Waals surface area contributed by atoms with Gasteiger partial charge in [0, 0.05) is 18.7 Å². The van der Waals surface area contributed by atoms with Gasteiger partial charge >= 0.3 is 0 Å². The second-order valence-electron chi connectivity index (χ2n) is 5.28. The summed E-state index contributed by atoms with van der Waals surface area (Å²) in [6.45, 7) is 5.29. The molecule has 1 aromatic heterocycles. The van der Waals surface area contributed by atoms with Crippen LogP contribution < -0.4 is 5.73 Å². The van der Waals surface area contributed by atoms with E-state index in [1.165, 1.54) is 0 Å². The van der Waals surface area contributed by atoms with Crippen LogP contribution in [0.4, 0.5) is 10.3 Å². The van der Waals surface area contributed by atoms with Crippen molar-refractivity contribution in [2.24, 2.45) is 0 Å². The van der Waals surface area contributed by atoms with Crippen molar-refractivity contribution in [2.75, 3.05) is 25.4 Å². The van der Waals surface area contributed by atoms with E-state index in [0.29, 0.717) is 9.52 Å². The fourth-order valence-electron chi connectivity index (χ4n) is 3.02. The third kappa shape index (κ3) is 2.39. The highest BCUT2D eigenvalue weighted by atomic mass is 127. The maximum Gasteiger partial charge on any atom is 0.201 e. The van der Waals surface area contributed by atoms with E-state index in [-0.39, 0.29) is 11.9 Å². The summed E-state index contributed by atoms with van der Waals surface area (Å²) in [5.41, 5.74) is 7.67. The van der Waals surface area contributed by atoms with Crippen LogP contribution in [0.1, 0.15) is 25.8 Å². The Bertz CT molecular complexity index is 640. The van der Waals surface area contributed by atoms with Gasteiger partial charge in [-0.05, 0) is 54.6 Å². The normalized spacial score (nSPS) is 20.6. The van der Waals surface area contributed by atoms with Crippen molar-refractivity contribution < 1.29 is 4.39 Å². The number of benzene rings is 1. The van der Waals surface area contributed by atoms with Crippen molar-refractivity contribution in [1.82, 2.24) is 14.5 Å². The van der Waals surface area contributed by atoms with Crippen molar-refractivity contribution in [3.8, 4) is 0 Å². The number of hydrogen-bond acceptors (Lipinski definition) is 3. The van der Waals surface area contributed by atoms with Gasteiger partial charge in [-0.15, -0.1) is 0 Å². The molecule has 4 nitrogen and oxygen atoms in total. The van der Waals surface area contributed by atoms with Crippen LogP contribution >= 0.6 is 22.6 Å². The van der Waals surface area contributed by atoms with Crippen LogP contribution in [0.15, 0.2) is 12.1 Å². The number of halogens is 2. The monoisotopic (exact) mass is 388 g/mol. The van der Waals surface area contributed by atoms with Gasteiger partial charge in [0.25, 0.3) is 0 Å². The second kappa shape index (κ2) is 5.48. The summed E-state index contributed by atoms with van der Waals surface area (Å²) >= 11 is 1.98. The molecular formula is C14H18FIN4. The lowest BCUT2D eigenvalue weighted by molar-refractivity contribution is 0.188. The highest BCUT2D eigenvalue weighted by Gasteiger charge is 2.24. The Kier molecular flexibility index (Phi) is 3.85. The van der Waals surface area contributed by atoms with E-state index in [1.54, 1.807) is 12.1 Å². The number of aromatic nitrogens is 2. The lowest BCUT2D eigenvalue weighted by Crippen LogP contribution is -2.36. The molecule has 1 atom stereocenters. The van der Waals surface area contributed by atoms with E-state index in [2.05, 4.69) is 16.8 Å². The molecule has 1 saturated heterocycles. The number of likely N-dealkylation sites (tertiary alicyclic amines) is 1. The van der Waals surface area contributed by atoms with Gasteiger partial charge in [-0.3, -0.25) is 0 Å². The van der Waals surface area contributed by atoms with E-state index in [9.17, 15) is 4.39 Å². The number of imidazole rings is 1. The molecule has 1 aromatic carbocycles. The number of nitrogens with zero attached hydrogens (tertiary/aromatic N) is 3. The Morgan fingerprint density at radius 2 is 2.30 bits per heavy atom. The van der Waals surface area contributed by atoms with E-state index < -0.39 is 0 Å². The van der Waals surface area contributed by atoms with E-state index in [1.807, 2.05) is 27.2 Å². The molecule has 2 N–H and O–H groups in total. The van der Waals surface area contributed by atoms with Crippen LogP contribution in [0.25, 0.3) is 11.0 Å². The Morgan fingerprint density at radius 3 is 3.05 bits per heavy atom. The van der Waals surface area contributed by atoms with Crippen LogP contribution in [-0.2, 0) is 0 Å². The smallest absolute Gasteiger partial charge is 0.201 e. The van der Waals surface area contributed by atoms with Gasteiger partial charge < -0.3 is 15.2 Å². The van der Waals surface area contributed by atoms with Gasteiger partial charge in [-0.25, -0.2) is 9.37 Å². The number of rotatable bonds is 2. The molecule has 20 heavy (non-hydrogen) atoms. The molecule has 1 unspecified atom stereocenters. The average Bonchev–Trinajstić information content (AvgIpc) is 2.74. The molecule has 0 spiro atoms. The Morgan fingerprint density at radius 1 is 1.50 bits per heavy atom. The number of anilines is 1. The van der Waals surface area contributed by atoms with Gasteiger partial charge in [0.1, 0.15) is 5.82 Å². The topological polar surface area (TPSA) is 47.1 Å². The van der Waals surface area contributed by atoms with Crippen LogP contribution in [0.5, 0.6) is 0 Å². The highest BCUT2D eigenvalue weighted by molar-refractivity contribution is 14.1. The third-order valence-electron chi connectivity index (χ3n) is 4.05. The number of nitrogen functional groups attached to an aromatic ring is 1. The van der Waals surface area contributed by atoms with Crippen molar-refractivity contribution in [3.05, 3.63) is 21.5 Å². The van der Waals surface area contributed by atoms with Crippen LogP contribution in [0, 0.1) is 9.39 Å². The molecular weight excluding hydrogens is 370 g/mol. The second-order valence-corrected chi connectivity index (χ2v) is 6.45. The molecule has 0 radical (unpaired) electrons. The van der Waals surface area contributed by atoms with E-state index in [0.717, 1.165) is 43.5 Å². The molecule has 1 aliphatic rings. The number of likely N-dealkylation sites (N-methyl/N-ethyl adjacent to an activating group) is 1. The fraction of sp³-hybridized carbons (Fsp3) is 0.500. The Hall–Kier alpha value is -0.890. The predicted octanol–water partition coefficient (Wildman–Crippen LogP) is 3.02. The number of fused-ring (bicyclic) bond motifs is 1. The lowest BCUT2D eigenvalue weighted by atomic mass is 10.1. The molecule has 0 aliphatic carbocycles. The van der Waals surface area contributed by atoms with Gasteiger partial charge in [0.15, 0.2) is 0 Å². The summed E-state index contributed by atoms with van der Waals surface area (Å²) in [6, 6.07) is 3.61. The predicted molar refractivity (Wildman–Crippen MR) is 87.2 cm³/mol. The van der Waals surface area contributed by atoms with Crippen LogP contribution in [-0.4, -0.2) is 34.1 Å². The SMILES string of the molecule is CCN1CCCC(n2c(N)nc3cc(I)c(F)cc32)C1. The van der Waals surface area contributed by atoms with Crippen LogP contribution in [0.2, 0.25) is 0 Å². The first-order chi connectivity index (χ1) is 9.60. The van der Waals surface area contributed by atoms with E-state index in [4.69, 9.17) is 5.73 Å². The van der Waals surface area contributed by atoms with Gasteiger partial charge in [0.05, 0.1) is 14.6 Å². The minimum absolute atomic E-state index is 0.206. The zero-order chi connectivity index (χ0) is 14.3. The molecule has 1 fully saturated rings. The van der Waals surface area contributed by atoms with E-state index >= 15 is 0 Å². The fourth-order valence-corrected chi connectivity index (χ4v) is 3.47. The minimum Gasteiger partial charge on any atom is -0.369 e. The van der Waals surface area contributed by atoms with Crippen molar-refractivity contribution in [3.63, 3.8) is 0 Å². The zero-order valence-corrected chi connectivity index (χ0v) is 13.6. The van der Waals surface area contributed by atoms with Crippen molar-refractivity contribution in [1.29, 1.82) is 0 Å². The Labute approximate surface area is 131 Å². The number of piperidine rings is 1. The third-order valence-corrected chi connectivity index (χ3v) is 4.88. The molecule has 6 heteroatoms. The molecule has 1 aliphatic heterocycles. The molecule has 2 heterocycles. The number of hydrogen-bond donors (Lipinski definition) is 1. The van der Waals surface area contributed by atoms with Crippen molar-refractivity contribution in [2.45, 2.75) is 25.8 Å². The molecule has 2 aromatic rings. The average molecular weight is 388 g/mol. The molecule has 0 bridgehead atoms. The van der Waals surface area contributed by atoms with Crippen LogP contribution in [0.3, 0.4) is 0 Å². The quantitative estimate of drug-likeness (QED) is 0.805. The summed E-state index contributed by atoms with van der Waals surface area (Å²) in [5.74, 6) is 0.284. The summed E-state index contributed by atoms with van der Waals surface area (Å²) in [4.78, 5) is 6.80. The lowest BCUT2D eigenvalue weighted by Gasteiger charge is -2.33. The van der Waals surface area contributed by atoms with Gasteiger partial charge in [0.2, 0.25) is 5.95 Å². The number of nitrogens with two attached hydrogens (primary N) is 1. The van der Waals surface area contributed by atoms with Gasteiger partial charge in [-0.2, -0.15) is 0 Å². The largest absolute Gasteiger partial charge is 0.369 e. The molecule has 3 rings (SSSR count). The summed E-state index contributed by atoms with van der Waals surface area (Å²) in [6.07, 6.45) is 2.21. The minimum atomic E-state index is -0.206. The molecule has 108 valence electrons. The Balaban J connectivity index is 2.06. The van der Waals surface area contributed by atoms with Crippen molar-refractivity contribution >= 4 is 39.6 Å². The first kappa shape index (κ1) is 14.1. The summed E-state index contributed by atoms with van der Waals surface area (Å²) in [7, 11) is 0. The summed E-state index contributed by atoms with van der Waals surface area (Å²) < 4.78 is 16.4. The first-order valence-electron chi connectivity index (χ1n) is 6.95. The highest BCUT2D eigenvalue weighted by Crippen LogP contribution is 2.30. The molecule has 0 amide bonds. The molecule has 0 saturated carbocycles. The summed E-state index contributed by atoms with van der Waals surface area (Å²) in [5, 5.41) is 0. The standard InChI is InChI=1S/C14H18FIN4/c1-2-19-5-3-4-9(8-19)20-13-6-10(15)11(16)7-12(13)18-14(20)17/h6-7,9H,2-5,8H2,1H3,(H2,17,18). The van der Waals surface area contributed by atoms with Gasteiger partial charge in [-0.1, -0.05) is 6.92 Å². The first-order valence-corrected chi connectivity index (χ1v) is 8.03.